The Morgan fingerprint density at radius 3 is 1.85 bits per heavy atom. The minimum atomic E-state index is -0.666. The third-order valence-corrected chi connectivity index (χ3v) is 5.95. The molecule has 0 fully saturated rings. The largest absolute Gasteiger partial charge is 0.481 e. The molecule has 0 amide bonds. The highest BCUT2D eigenvalue weighted by Crippen LogP contribution is 2.10. The van der Waals surface area contributed by atoms with Gasteiger partial charge in [0.1, 0.15) is 0 Å². The summed E-state index contributed by atoms with van der Waals surface area (Å²) >= 11 is 0. The van der Waals surface area contributed by atoms with E-state index in [0.29, 0.717) is 6.42 Å². The summed E-state index contributed by atoms with van der Waals surface area (Å²) in [6.45, 7) is 6.11. The van der Waals surface area contributed by atoms with Crippen molar-refractivity contribution >= 4 is 5.97 Å². The summed E-state index contributed by atoms with van der Waals surface area (Å²) in [5, 5.41) is 21.6. The summed E-state index contributed by atoms with van der Waals surface area (Å²) in [7, 11) is 0. The molecule has 1 unspecified atom stereocenters. The number of carboxylic acids is 1. The highest BCUT2D eigenvalue weighted by molar-refractivity contribution is 5.66. The van der Waals surface area contributed by atoms with Crippen LogP contribution < -0.4 is 5.32 Å². The van der Waals surface area contributed by atoms with Gasteiger partial charge >= 0.3 is 5.97 Å². The minimum absolute atomic E-state index is 0.184. The van der Waals surface area contributed by atoms with Crippen LogP contribution in [-0.2, 0) is 11.2 Å². The number of hydrogen-bond acceptors (Lipinski definition) is 3. The van der Waals surface area contributed by atoms with Gasteiger partial charge in [-0.15, -0.1) is 0 Å². The molecule has 192 valence electrons. The average molecular weight is 464 g/mol. The first-order valence-electron chi connectivity index (χ1n) is 13.7. The van der Waals surface area contributed by atoms with E-state index < -0.39 is 5.97 Å². The Morgan fingerprint density at radius 1 is 0.788 bits per heavy atom. The molecule has 1 aromatic carbocycles. The lowest BCUT2D eigenvalue weighted by Crippen LogP contribution is -2.28. The zero-order valence-corrected chi connectivity index (χ0v) is 21.7. The van der Waals surface area contributed by atoms with Gasteiger partial charge in [0.05, 0.1) is 6.10 Å². The number of nitrogens with one attached hydrogen (secondary N) is 1. The van der Waals surface area contributed by atoms with Crippen molar-refractivity contribution in [2.45, 2.75) is 129 Å². The maximum atomic E-state index is 10.1. The van der Waals surface area contributed by atoms with Crippen LogP contribution >= 0.6 is 0 Å². The van der Waals surface area contributed by atoms with Crippen LogP contribution in [0.1, 0.15) is 122 Å². The lowest BCUT2D eigenvalue weighted by Gasteiger charge is -2.11. The molecule has 1 atom stereocenters. The summed E-state index contributed by atoms with van der Waals surface area (Å²) in [6.07, 6.45) is 19.7. The lowest BCUT2D eigenvalue weighted by molar-refractivity contribution is -0.137. The second-order valence-electron chi connectivity index (χ2n) is 9.27. The Bertz CT molecular complexity index is 521. The number of carboxylic acid groups (broad SMARTS) is 1. The predicted octanol–water partition coefficient (Wildman–Crippen LogP) is 7.53. The van der Waals surface area contributed by atoms with Crippen molar-refractivity contribution in [1.29, 1.82) is 0 Å². The standard InChI is InChI=1S/C20H35NO.C9H18O2/c1-2-3-4-5-6-7-8-12-15-20(22)18-21-17-16-19-13-10-9-11-14-19;1-2-3-4-5-6-7-8-9(10)11/h9-11,13-14,20-22H,2-8,12,15-18H2,1H3;2-8H2,1H3,(H,10,11). The topological polar surface area (TPSA) is 69.6 Å². The monoisotopic (exact) mass is 463 g/mol. The van der Waals surface area contributed by atoms with Gasteiger partial charge in [0.2, 0.25) is 0 Å². The van der Waals surface area contributed by atoms with Crippen LogP contribution in [0.5, 0.6) is 0 Å². The fraction of sp³-hybridized carbons (Fsp3) is 0.759. The molecule has 0 aliphatic heterocycles. The van der Waals surface area contributed by atoms with E-state index in [1.165, 1.54) is 76.2 Å². The van der Waals surface area contributed by atoms with Crippen LogP contribution in [0, 0.1) is 0 Å². The van der Waals surface area contributed by atoms with Gasteiger partial charge in [-0.05, 0) is 31.4 Å². The average Bonchev–Trinajstić information content (AvgIpc) is 2.82. The van der Waals surface area contributed by atoms with Crippen LogP contribution in [-0.4, -0.2) is 35.4 Å². The van der Waals surface area contributed by atoms with Gasteiger partial charge in [0.15, 0.2) is 0 Å². The molecule has 4 heteroatoms. The number of aliphatic hydroxyl groups is 1. The van der Waals surface area contributed by atoms with Crippen molar-refractivity contribution in [3.05, 3.63) is 35.9 Å². The Kier molecular flexibility index (Phi) is 24.2. The van der Waals surface area contributed by atoms with Crippen molar-refractivity contribution in [2.75, 3.05) is 13.1 Å². The van der Waals surface area contributed by atoms with Crippen LogP contribution in [0.2, 0.25) is 0 Å². The molecule has 4 nitrogen and oxygen atoms in total. The number of hydrogen-bond donors (Lipinski definition) is 3. The van der Waals surface area contributed by atoms with E-state index in [1.54, 1.807) is 0 Å². The van der Waals surface area contributed by atoms with Gasteiger partial charge in [0, 0.05) is 13.0 Å². The number of benzene rings is 1. The Morgan fingerprint density at radius 2 is 1.30 bits per heavy atom. The van der Waals surface area contributed by atoms with Gasteiger partial charge < -0.3 is 15.5 Å². The second-order valence-corrected chi connectivity index (χ2v) is 9.27. The van der Waals surface area contributed by atoms with Crippen molar-refractivity contribution in [3.63, 3.8) is 0 Å². The molecule has 0 saturated carbocycles. The molecule has 0 aromatic heterocycles. The first kappa shape index (κ1) is 31.6. The zero-order chi connectivity index (χ0) is 24.4. The highest BCUT2D eigenvalue weighted by Gasteiger charge is 2.03. The van der Waals surface area contributed by atoms with E-state index in [9.17, 15) is 9.90 Å². The zero-order valence-electron chi connectivity index (χ0n) is 21.7. The van der Waals surface area contributed by atoms with Crippen LogP contribution in [0.25, 0.3) is 0 Å². The van der Waals surface area contributed by atoms with Crippen molar-refractivity contribution < 1.29 is 15.0 Å². The molecule has 0 heterocycles. The number of aliphatic hydroxyl groups excluding tert-OH is 1. The third-order valence-electron chi connectivity index (χ3n) is 5.95. The van der Waals surface area contributed by atoms with E-state index >= 15 is 0 Å². The van der Waals surface area contributed by atoms with Gasteiger partial charge in [0.25, 0.3) is 0 Å². The normalized spacial score (nSPS) is 11.6. The first-order chi connectivity index (χ1) is 16.1. The molecule has 0 radical (unpaired) electrons. The van der Waals surface area contributed by atoms with Crippen LogP contribution in [0.15, 0.2) is 30.3 Å². The third kappa shape index (κ3) is 25.1. The highest BCUT2D eigenvalue weighted by atomic mass is 16.4. The minimum Gasteiger partial charge on any atom is -0.481 e. The number of rotatable bonds is 21. The van der Waals surface area contributed by atoms with E-state index in [0.717, 1.165) is 45.2 Å². The molecule has 0 aliphatic rings. The number of carbonyl (C=O) groups is 1. The Hall–Kier alpha value is -1.39. The van der Waals surface area contributed by atoms with E-state index in [4.69, 9.17) is 5.11 Å². The van der Waals surface area contributed by atoms with Gasteiger partial charge in [-0.1, -0.05) is 128 Å². The van der Waals surface area contributed by atoms with Gasteiger partial charge in [-0.25, -0.2) is 0 Å². The quantitative estimate of drug-likeness (QED) is 0.165. The maximum Gasteiger partial charge on any atom is 0.303 e. The van der Waals surface area contributed by atoms with Gasteiger partial charge in [-0.2, -0.15) is 0 Å². The fourth-order valence-electron chi connectivity index (χ4n) is 3.82. The first-order valence-corrected chi connectivity index (χ1v) is 13.7. The van der Waals surface area contributed by atoms with E-state index in [1.807, 2.05) is 6.07 Å². The summed E-state index contributed by atoms with van der Waals surface area (Å²) in [5.41, 5.74) is 1.35. The van der Waals surface area contributed by atoms with Crippen molar-refractivity contribution in [1.82, 2.24) is 5.32 Å². The summed E-state index contributed by atoms with van der Waals surface area (Å²) in [6, 6.07) is 10.5. The molecule has 0 spiro atoms. The lowest BCUT2D eigenvalue weighted by atomic mass is 10.1. The molecule has 33 heavy (non-hydrogen) atoms. The van der Waals surface area contributed by atoms with E-state index in [2.05, 4.69) is 43.4 Å². The molecular weight excluding hydrogens is 410 g/mol. The predicted molar refractivity (Wildman–Crippen MR) is 142 cm³/mol. The number of unbranched alkanes of at least 4 members (excludes halogenated alkanes) is 12. The van der Waals surface area contributed by atoms with Crippen LogP contribution in [0.3, 0.4) is 0 Å². The molecule has 1 aromatic rings. The summed E-state index contributed by atoms with van der Waals surface area (Å²) < 4.78 is 0. The summed E-state index contributed by atoms with van der Waals surface area (Å²) in [4.78, 5) is 10.1. The van der Waals surface area contributed by atoms with E-state index in [-0.39, 0.29) is 6.10 Å². The van der Waals surface area contributed by atoms with Gasteiger partial charge in [-0.3, -0.25) is 4.79 Å². The SMILES string of the molecule is CCCCCCCCC(=O)O.CCCCCCCCCCC(O)CNCCc1ccccc1. The van der Waals surface area contributed by atoms with Crippen molar-refractivity contribution in [3.8, 4) is 0 Å². The summed E-state index contributed by atoms with van der Waals surface area (Å²) in [5.74, 6) is -0.666. The molecule has 0 bridgehead atoms. The fourth-order valence-corrected chi connectivity index (χ4v) is 3.82. The Labute approximate surface area is 204 Å². The molecule has 3 N–H and O–H groups in total. The molecule has 0 aliphatic carbocycles. The molecular formula is C29H53NO3. The second kappa shape index (κ2) is 25.2. The van der Waals surface area contributed by atoms with Crippen LogP contribution in [0.4, 0.5) is 0 Å². The Balaban J connectivity index is 0.000000785. The number of aliphatic carboxylic acids is 1. The molecule has 1 rings (SSSR count). The molecule has 0 saturated heterocycles. The van der Waals surface area contributed by atoms with Crippen molar-refractivity contribution in [2.24, 2.45) is 0 Å². The smallest absolute Gasteiger partial charge is 0.303 e. The maximum absolute atomic E-state index is 10.1.